The van der Waals surface area contributed by atoms with Gasteiger partial charge in [0.25, 0.3) is 5.91 Å². The highest BCUT2D eigenvalue weighted by atomic mass is 16.6. The van der Waals surface area contributed by atoms with Gasteiger partial charge in [-0.15, -0.1) is 5.10 Å². The highest BCUT2D eigenvalue weighted by Crippen LogP contribution is 2.40. The molecule has 16 heteroatoms. The highest BCUT2D eigenvalue weighted by Gasteiger charge is 2.26. The number of carbonyl (C=O) groups excluding carboxylic acids is 1. The zero-order valence-electron chi connectivity index (χ0n) is 32.2. The first-order chi connectivity index (χ1) is 28.9. The molecule has 2 aromatic heterocycles. The summed E-state index contributed by atoms with van der Waals surface area (Å²) >= 11 is 0. The highest BCUT2D eigenvalue weighted by molar-refractivity contribution is 5.94. The van der Waals surface area contributed by atoms with E-state index in [1.165, 1.54) is 23.3 Å². The summed E-state index contributed by atoms with van der Waals surface area (Å²) in [7, 11) is 0. The molecule has 0 spiro atoms. The molecule has 308 valence electrons. The summed E-state index contributed by atoms with van der Waals surface area (Å²) in [5.74, 6) is -1.01. The maximum absolute atomic E-state index is 12.6. The van der Waals surface area contributed by atoms with Crippen molar-refractivity contribution in [1.82, 2.24) is 20.3 Å². The van der Waals surface area contributed by atoms with Crippen LogP contribution >= 0.6 is 0 Å². The molecule has 3 heterocycles. The predicted molar refractivity (Wildman–Crippen MR) is 217 cm³/mol. The molecule has 1 amide bonds. The zero-order valence-corrected chi connectivity index (χ0v) is 32.2. The van der Waals surface area contributed by atoms with Gasteiger partial charge in [-0.3, -0.25) is 19.9 Å². The lowest BCUT2D eigenvalue weighted by atomic mass is 9.96. The molecular formula is C43H45N5O11. The Bertz CT molecular complexity index is 2400. The largest absolute Gasteiger partial charge is 0.504 e. The number of rotatable bonds is 20. The number of hydrogen-bond donors (Lipinski definition) is 4. The fourth-order valence-corrected chi connectivity index (χ4v) is 6.55. The van der Waals surface area contributed by atoms with Gasteiger partial charge in [-0.05, 0) is 35.9 Å². The van der Waals surface area contributed by atoms with Crippen molar-refractivity contribution in [3.8, 4) is 45.3 Å². The molecule has 4 aromatic carbocycles. The second kappa shape index (κ2) is 20.0. The van der Waals surface area contributed by atoms with E-state index in [2.05, 4.69) is 15.6 Å². The van der Waals surface area contributed by atoms with E-state index in [0.29, 0.717) is 108 Å². The number of hydrogen-bond acceptors (Lipinski definition) is 14. The number of hydroxylamine groups is 1. The summed E-state index contributed by atoms with van der Waals surface area (Å²) in [6, 6.07) is 25.9. The third-order valence-corrected chi connectivity index (χ3v) is 9.51. The van der Waals surface area contributed by atoms with E-state index in [0.717, 1.165) is 22.4 Å². The molecule has 0 atom stereocenters. The lowest BCUT2D eigenvalue weighted by Gasteiger charge is -2.24. The molecule has 0 bridgehead atoms. The monoisotopic (exact) mass is 807 g/mol. The molecule has 1 aliphatic rings. The zero-order chi connectivity index (χ0) is 41.0. The third kappa shape index (κ3) is 10.1. The molecule has 0 fully saturated rings. The Kier molecular flexibility index (Phi) is 13.9. The van der Waals surface area contributed by atoms with Gasteiger partial charge in [0.05, 0.1) is 95.9 Å². The maximum atomic E-state index is 12.6. The summed E-state index contributed by atoms with van der Waals surface area (Å²) in [4.78, 5) is 25.1. The van der Waals surface area contributed by atoms with E-state index < -0.39 is 11.5 Å². The Morgan fingerprint density at radius 1 is 0.746 bits per heavy atom. The van der Waals surface area contributed by atoms with Crippen LogP contribution in [0.5, 0.6) is 11.5 Å². The molecule has 0 saturated carbocycles. The molecule has 7 rings (SSSR count). The number of nitrogens with one attached hydrogen (secondary N) is 1. The van der Waals surface area contributed by atoms with Gasteiger partial charge in [-0.2, -0.15) is 0 Å². The van der Waals surface area contributed by atoms with Crippen molar-refractivity contribution in [2.45, 2.75) is 13.1 Å². The standard InChI is InChI=1S/C43H45N5O11/c49-36-14-13-34-37(50)27-38(59-42(34)41(36)51)29-9-11-30(12-10-29)43(52)44-15-17-54-19-21-56-23-25-58-26-24-57-22-20-55-18-16-47-40-32-6-2-1-5-31(32)28-48(53)35-8-4-3-7-33(35)39(40)45-46-47/h1-14,27,49,51,53H,15-26,28H2,(H,44,52). The van der Waals surface area contributed by atoms with Gasteiger partial charge in [-0.1, -0.05) is 59.8 Å². The molecule has 0 radical (unpaired) electrons. The van der Waals surface area contributed by atoms with E-state index in [1.807, 2.05) is 53.2 Å². The van der Waals surface area contributed by atoms with Crippen LogP contribution < -0.4 is 15.8 Å². The van der Waals surface area contributed by atoms with Gasteiger partial charge >= 0.3 is 0 Å². The van der Waals surface area contributed by atoms with Crippen LogP contribution in [0.1, 0.15) is 15.9 Å². The van der Waals surface area contributed by atoms with Crippen LogP contribution in [0.4, 0.5) is 5.69 Å². The first-order valence-corrected chi connectivity index (χ1v) is 19.2. The van der Waals surface area contributed by atoms with Crippen molar-refractivity contribution in [1.29, 1.82) is 0 Å². The van der Waals surface area contributed by atoms with Crippen molar-refractivity contribution in [3.63, 3.8) is 0 Å². The lowest BCUT2D eigenvalue weighted by Crippen LogP contribution is -2.27. The average molecular weight is 808 g/mol. The topological polar surface area (TPSA) is 200 Å². The quantitative estimate of drug-likeness (QED) is 0.0592. The van der Waals surface area contributed by atoms with Crippen LogP contribution in [0.15, 0.2) is 100 Å². The number of benzene rings is 4. The van der Waals surface area contributed by atoms with Gasteiger partial charge in [0.2, 0.25) is 5.75 Å². The summed E-state index contributed by atoms with van der Waals surface area (Å²) in [6.45, 7) is 5.15. The van der Waals surface area contributed by atoms with Crippen LogP contribution in [-0.2, 0) is 36.8 Å². The first kappa shape index (κ1) is 41.0. The van der Waals surface area contributed by atoms with E-state index >= 15 is 0 Å². The molecule has 6 aromatic rings. The number of fused-ring (bicyclic) bond motifs is 6. The normalized spacial score (nSPS) is 12.1. The number of aromatic hydroxyl groups is 2. The van der Waals surface area contributed by atoms with Crippen LogP contribution in [-0.4, -0.2) is 109 Å². The first-order valence-electron chi connectivity index (χ1n) is 19.2. The number of nitrogens with zero attached hydrogens (tertiary/aromatic N) is 4. The van der Waals surface area contributed by atoms with Gasteiger partial charge in [0.1, 0.15) is 11.5 Å². The Balaban J connectivity index is 0.701. The lowest BCUT2D eigenvalue weighted by molar-refractivity contribution is -0.0113. The van der Waals surface area contributed by atoms with Crippen LogP contribution in [0.2, 0.25) is 0 Å². The van der Waals surface area contributed by atoms with Crippen molar-refractivity contribution in [2.75, 3.05) is 77.7 Å². The molecule has 4 N–H and O–H groups in total. The number of phenols is 2. The summed E-state index contributed by atoms with van der Waals surface area (Å²) in [5.41, 5.74) is 5.47. The minimum atomic E-state index is -0.513. The van der Waals surface area contributed by atoms with E-state index in [-0.39, 0.29) is 28.1 Å². The number of amides is 1. The van der Waals surface area contributed by atoms with Gasteiger partial charge in [-0.25, -0.2) is 4.68 Å². The fraction of sp³-hybridized carbons (Fsp3) is 0.302. The molecule has 0 aliphatic carbocycles. The Labute approximate surface area is 339 Å². The number of phenolic OH excluding ortho intramolecular Hbond substituents is 2. The van der Waals surface area contributed by atoms with E-state index in [1.54, 1.807) is 24.3 Å². The number of para-hydroxylation sites is 1. The Hall–Kier alpha value is -6.14. The molecule has 0 saturated heterocycles. The molecule has 0 unspecified atom stereocenters. The number of anilines is 1. The summed E-state index contributed by atoms with van der Waals surface area (Å²) < 4.78 is 35.6. The average Bonchev–Trinajstić information content (AvgIpc) is 3.67. The second-order valence-electron chi connectivity index (χ2n) is 13.4. The summed E-state index contributed by atoms with van der Waals surface area (Å²) in [5, 5.41) is 43.8. The Morgan fingerprint density at radius 3 is 2.08 bits per heavy atom. The van der Waals surface area contributed by atoms with Gasteiger partial charge < -0.3 is 43.6 Å². The van der Waals surface area contributed by atoms with E-state index in [4.69, 9.17) is 28.1 Å². The number of carbonyl (C=O) groups is 1. The van der Waals surface area contributed by atoms with Crippen LogP contribution in [0.25, 0.3) is 44.8 Å². The van der Waals surface area contributed by atoms with Crippen molar-refractivity contribution in [3.05, 3.63) is 112 Å². The molecule has 1 aliphatic heterocycles. The third-order valence-electron chi connectivity index (χ3n) is 9.51. The van der Waals surface area contributed by atoms with Crippen LogP contribution in [0.3, 0.4) is 0 Å². The molecular weight excluding hydrogens is 762 g/mol. The minimum absolute atomic E-state index is 0.114. The van der Waals surface area contributed by atoms with Crippen molar-refractivity contribution in [2.24, 2.45) is 0 Å². The van der Waals surface area contributed by atoms with Gasteiger partial charge in [0, 0.05) is 34.9 Å². The number of ether oxygens (including phenoxy) is 5. The number of aromatic nitrogens is 3. The van der Waals surface area contributed by atoms with Crippen LogP contribution in [0, 0.1) is 0 Å². The predicted octanol–water partition coefficient (Wildman–Crippen LogP) is 5.02. The smallest absolute Gasteiger partial charge is 0.251 e. The SMILES string of the molecule is O=C(NCCOCCOCCOCCOCCOCCn1nnc2c1-c1ccccc1CN(O)c1ccccc1-2)c1ccc(-c2cc(=O)c3ccc(O)c(O)c3o2)cc1. The summed E-state index contributed by atoms with van der Waals surface area (Å²) in [6.07, 6.45) is 0. The second-order valence-corrected chi connectivity index (χ2v) is 13.4. The van der Waals surface area contributed by atoms with Crippen molar-refractivity contribution < 1.29 is 48.3 Å². The van der Waals surface area contributed by atoms with E-state index in [9.17, 15) is 25.0 Å². The maximum Gasteiger partial charge on any atom is 0.251 e. The molecule has 59 heavy (non-hydrogen) atoms. The van der Waals surface area contributed by atoms with Crippen molar-refractivity contribution >= 4 is 22.6 Å². The molecule has 16 nitrogen and oxygen atoms in total. The Morgan fingerprint density at radius 2 is 1.37 bits per heavy atom. The van der Waals surface area contributed by atoms with Gasteiger partial charge in [0.15, 0.2) is 16.8 Å². The fourth-order valence-electron chi connectivity index (χ4n) is 6.55. The minimum Gasteiger partial charge on any atom is -0.504 e.